The van der Waals surface area contributed by atoms with Crippen LogP contribution in [-0.4, -0.2) is 44.3 Å². The van der Waals surface area contributed by atoms with E-state index < -0.39 is 39.4 Å². The topological polar surface area (TPSA) is 133 Å². The second kappa shape index (κ2) is 9.72. The van der Waals surface area contributed by atoms with E-state index >= 15 is 0 Å². The van der Waals surface area contributed by atoms with Crippen molar-refractivity contribution in [2.45, 2.75) is 29.8 Å². The lowest BCUT2D eigenvalue weighted by Gasteiger charge is -2.22. The molecule has 0 aromatic heterocycles. The Morgan fingerprint density at radius 2 is 1.84 bits per heavy atom. The SMILES string of the molecule is CSCCC(NS(=O)(=O)c1ccccc1)C(=O)Nc1cccc(C2(C)NC(=O)NC2=O)c1. The number of nitrogens with one attached hydrogen (secondary N) is 4. The summed E-state index contributed by atoms with van der Waals surface area (Å²) in [5.74, 6) is -0.458. The Morgan fingerprint density at radius 1 is 1.12 bits per heavy atom. The van der Waals surface area contributed by atoms with E-state index in [1.807, 2.05) is 6.26 Å². The van der Waals surface area contributed by atoms with Gasteiger partial charge in [0.2, 0.25) is 15.9 Å². The summed E-state index contributed by atoms with van der Waals surface area (Å²) in [5, 5.41) is 7.48. The van der Waals surface area contributed by atoms with Gasteiger partial charge >= 0.3 is 6.03 Å². The van der Waals surface area contributed by atoms with E-state index in [1.165, 1.54) is 23.9 Å². The molecule has 1 heterocycles. The molecular weight excluding hydrogens is 452 g/mol. The number of thioether (sulfide) groups is 1. The normalized spacial score (nSPS) is 19.2. The Balaban J connectivity index is 1.80. The first-order valence-corrected chi connectivity index (χ1v) is 12.6. The number of urea groups is 1. The fourth-order valence-electron chi connectivity index (χ4n) is 3.22. The standard InChI is InChI=1S/C21H24N4O5S2/c1-21(19(27)23-20(28)24-21)14-7-6-8-15(13-14)22-18(26)17(11-12-31-2)25-32(29,30)16-9-4-3-5-10-16/h3-10,13,17,25H,11-12H2,1-2H3,(H,22,26)(H2,23,24,27,28). The summed E-state index contributed by atoms with van der Waals surface area (Å²) in [5.41, 5.74) is -0.426. The van der Waals surface area contributed by atoms with Gasteiger partial charge in [-0.2, -0.15) is 16.5 Å². The van der Waals surface area contributed by atoms with Crippen LogP contribution in [-0.2, 0) is 25.2 Å². The van der Waals surface area contributed by atoms with Crippen molar-refractivity contribution in [2.75, 3.05) is 17.3 Å². The number of anilines is 1. The van der Waals surface area contributed by atoms with Crippen LogP contribution in [0, 0.1) is 0 Å². The third-order valence-corrected chi connectivity index (χ3v) is 7.16. The van der Waals surface area contributed by atoms with Gasteiger partial charge in [-0.3, -0.25) is 14.9 Å². The van der Waals surface area contributed by atoms with Crippen molar-refractivity contribution in [1.29, 1.82) is 0 Å². The summed E-state index contributed by atoms with van der Waals surface area (Å²) >= 11 is 1.50. The molecule has 1 saturated heterocycles. The zero-order valence-corrected chi connectivity index (χ0v) is 19.2. The maximum absolute atomic E-state index is 13.0. The summed E-state index contributed by atoms with van der Waals surface area (Å²) in [6.07, 6.45) is 2.15. The van der Waals surface area contributed by atoms with Crippen LogP contribution in [0.3, 0.4) is 0 Å². The largest absolute Gasteiger partial charge is 0.325 e. The maximum Gasteiger partial charge on any atom is 0.322 e. The molecule has 0 radical (unpaired) electrons. The zero-order valence-electron chi connectivity index (χ0n) is 17.5. The predicted molar refractivity (Wildman–Crippen MR) is 123 cm³/mol. The lowest BCUT2D eigenvalue weighted by atomic mass is 9.92. The molecule has 2 atom stereocenters. The Morgan fingerprint density at radius 3 is 2.47 bits per heavy atom. The third kappa shape index (κ3) is 5.29. The van der Waals surface area contributed by atoms with Crippen LogP contribution in [0.25, 0.3) is 0 Å². The highest BCUT2D eigenvalue weighted by molar-refractivity contribution is 7.98. The molecular formula is C21H24N4O5S2. The number of carbonyl (C=O) groups is 3. The van der Waals surface area contributed by atoms with Gasteiger partial charge in [-0.1, -0.05) is 30.3 Å². The van der Waals surface area contributed by atoms with E-state index in [0.29, 0.717) is 17.0 Å². The lowest BCUT2D eigenvalue weighted by molar-refractivity contribution is -0.123. The Hall–Kier alpha value is -2.89. The van der Waals surface area contributed by atoms with Gasteiger partial charge in [0, 0.05) is 5.69 Å². The predicted octanol–water partition coefficient (Wildman–Crippen LogP) is 1.78. The highest BCUT2D eigenvalue weighted by Crippen LogP contribution is 2.26. The van der Waals surface area contributed by atoms with Gasteiger partial charge in [0.15, 0.2) is 0 Å². The smallest absolute Gasteiger partial charge is 0.322 e. The minimum absolute atomic E-state index is 0.0693. The van der Waals surface area contributed by atoms with Crippen LogP contribution >= 0.6 is 11.8 Å². The van der Waals surface area contributed by atoms with Crippen molar-refractivity contribution in [1.82, 2.24) is 15.4 Å². The number of imide groups is 1. The van der Waals surface area contributed by atoms with E-state index in [-0.39, 0.29) is 11.3 Å². The molecule has 4 amide bonds. The first-order valence-electron chi connectivity index (χ1n) is 9.77. The van der Waals surface area contributed by atoms with Crippen molar-refractivity contribution in [2.24, 2.45) is 0 Å². The quantitative estimate of drug-likeness (QED) is 0.408. The van der Waals surface area contributed by atoms with Crippen LogP contribution in [0.2, 0.25) is 0 Å². The third-order valence-electron chi connectivity index (χ3n) is 5.03. The molecule has 1 aliphatic rings. The highest BCUT2D eigenvalue weighted by atomic mass is 32.2. The molecule has 1 aliphatic heterocycles. The molecule has 9 nitrogen and oxygen atoms in total. The fraction of sp³-hybridized carbons (Fsp3) is 0.286. The van der Waals surface area contributed by atoms with Gasteiger partial charge in [0.1, 0.15) is 11.6 Å². The van der Waals surface area contributed by atoms with Gasteiger partial charge in [0.25, 0.3) is 5.91 Å². The summed E-state index contributed by atoms with van der Waals surface area (Å²) in [7, 11) is -3.89. The summed E-state index contributed by atoms with van der Waals surface area (Å²) < 4.78 is 27.9. The van der Waals surface area contributed by atoms with Crippen molar-refractivity contribution in [3.05, 3.63) is 60.2 Å². The molecule has 11 heteroatoms. The molecule has 0 spiro atoms. The summed E-state index contributed by atoms with van der Waals surface area (Å²) in [6.45, 7) is 1.56. The van der Waals surface area contributed by atoms with Crippen LogP contribution in [0.5, 0.6) is 0 Å². The number of carbonyl (C=O) groups excluding carboxylic acids is 3. The van der Waals surface area contributed by atoms with Gasteiger partial charge in [-0.05, 0) is 55.2 Å². The van der Waals surface area contributed by atoms with Crippen LogP contribution < -0.4 is 20.7 Å². The maximum atomic E-state index is 13.0. The molecule has 32 heavy (non-hydrogen) atoms. The Bertz CT molecular complexity index is 1120. The molecule has 2 aromatic carbocycles. The van der Waals surface area contributed by atoms with Crippen LogP contribution in [0.4, 0.5) is 10.5 Å². The second-order valence-corrected chi connectivity index (χ2v) is 10.1. The van der Waals surface area contributed by atoms with E-state index in [1.54, 1.807) is 49.4 Å². The Labute approximate surface area is 190 Å². The van der Waals surface area contributed by atoms with E-state index in [9.17, 15) is 22.8 Å². The highest BCUT2D eigenvalue weighted by Gasteiger charge is 2.43. The van der Waals surface area contributed by atoms with Crippen molar-refractivity contribution < 1.29 is 22.8 Å². The molecule has 1 fully saturated rings. The molecule has 0 aliphatic carbocycles. The van der Waals surface area contributed by atoms with Gasteiger partial charge in [-0.15, -0.1) is 0 Å². The first kappa shape index (κ1) is 23.8. The second-order valence-electron chi connectivity index (χ2n) is 7.37. The van der Waals surface area contributed by atoms with E-state index in [4.69, 9.17) is 0 Å². The number of hydrogen-bond acceptors (Lipinski definition) is 6. The zero-order chi connectivity index (χ0) is 23.4. The van der Waals surface area contributed by atoms with Crippen LogP contribution in [0.1, 0.15) is 18.9 Å². The Kier molecular flexibility index (Phi) is 7.22. The lowest BCUT2D eigenvalue weighted by Crippen LogP contribution is -2.44. The van der Waals surface area contributed by atoms with Gasteiger partial charge < -0.3 is 10.6 Å². The monoisotopic (exact) mass is 476 g/mol. The molecule has 2 unspecified atom stereocenters. The van der Waals surface area contributed by atoms with Gasteiger partial charge in [-0.25, -0.2) is 13.2 Å². The number of hydrogen-bond donors (Lipinski definition) is 4. The number of benzene rings is 2. The minimum Gasteiger partial charge on any atom is -0.325 e. The molecule has 2 aromatic rings. The average molecular weight is 477 g/mol. The average Bonchev–Trinajstić information content (AvgIpc) is 3.04. The van der Waals surface area contributed by atoms with Crippen molar-refractivity contribution in [3.63, 3.8) is 0 Å². The summed E-state index contributed by atoms with van der Waals surface area (Å²) in [6, 6.07) is 12.7. The molecule has 4 N–H and O–H groups in total. The molecule has 170 valence electrons. The first-order chi connectivity index (χ1) is 15.2. The molecule has 3 rings (SSSR count). The number of rotatable bonds is 9. The number of sulfonamides is 1. The van der Waals surface area contributed by atoms with Crippen LogP contribution in [0.15, 0.2) is 59.5 Å². The number of amides is 4. The van der Waals surface area contributed by atoms with Gasteiger partial charge in [0.05, 0.1) is 4.90 Å². The molecule has 0 bridgehead atoms. The minimum atomic E-state index is -3.89. The fourth-order valence-corrected chi connectivity index (χ4v) is 4.94. The van der Waals surface area contributed by atoms with E-state index in [0.717, 1.165) is 0 Å². The van der Waals surface area contributed by atoms with E-state index in [2.05, 4.69) is 20.7 Å². The molecule has 0 saturated carbocycles. The summed E-state index contributed by atoms with van der Waals surface area (Å²) in [4.78, 5) is 36.8. The van der Waals surface area contributed by atoms with Crippen molar-refractivity contribution in [3.8, 4) is 0 Å². The van der Waals surface area contributed by atoms with Crippen molar-refractivity contribution >= 4 is 45.3 Å².